The molecule has 94 valence electrons. The lowest BCUT2D eigenvalue weighted by atomic mass is 9.91. The highest BCUT2D eigenvalue weighted by molar-refractivity contribution is 4.96. The van der Waals surface area contributed by atoms with Gasteiger partial charge in [-0.2, -0.15) is 0 Å². The van der Waals surface area contributed by atoms with Crippen LogP contribution in [0.1, 0.15) is 39.0 Å². The van der Waals surface area contributed by atoms with Crippen molar-refractivity contribution in [3.8, 4) is 0 Å². The molecule has 2 atom stereocenters. The van der Waals surface area contributed by atoms with Gasteiger partial charge in [0.15, 0.2) is 0 Å². The first kappa shape index (κ1) is 12.3. The molecule has 2 rings (SSSR count). The summed E-state index contributed by atoms with van der Waals surface area (Å²) in [5.41, 5.74) is 0.395. The number of nitrogens with zero attached hydrogens (tertiary/aromatic N) is 1. The van der Waals surface area contributed by atoms with Gasteiger partial charge in [0.25, 0.3) is 0 Å². The number of nitrogens with one attached hydrogen (secondary N) is 1. The van der Waals surface area contributed by atoms with Crippen molar-refractivity contribution in [1.29, 1.82) is 0 Å². The molecule has 0 aromatic rings. The summed E-state index contributed by atoms with van der Waals surface area (Å²) in [5, 5.41) is 3.74. The Kier molecular flexibility index (Phi) is 4.22. The summed E-state index contributed by atoms with van der Waals surface area (Å²) in [6, 6.07) is 0.649. The molecule has 0 amide bonds. The van der Waals surface area contributed by atoms with Gasteiger partial charge >= 0.3 is 0 Å². The van der Waals surface area contributed by atoms with Gasteiger partial charge in [0.2, 0.25) is 0 Å². The van der Waals surface area contributed by atoms with Crippen LogP contribution < -0.4 is 5.32 Å². The molecule has 0 aliphatic carbocycles. The van der Waals surface area contributed by atoms with Crippen molar-refractivity contribution in [3.63, 3.8) is 0 Å². The van der Waals surface area contributed by atoms with Gasteiger partial charge in [-0.25, -0.2) is 0 Å². The number of hydrogen-bond donors (Lipinski definition) is 1. The first-order chi connectivity index (χ1) is 7.76. The van der Waals surface area contributed by atoms with E-state index < -0.39 is 0 Å². The van der Waals surface area contributed by atoms with Gasteiger partial charge in [0.05, 0.1) is 6.61 Å². The second-order valence-corrected chi connectivity index (χ2v) is 5.49. The van der Waals surface area contributed by atoms with Crippen LogP contribution in [0.15, 0.2) is 0 Å². The van der Waals surface area contributed by atoms with Gasteiger partial charge < -0.3 is 10.1 Å². The van der Waals surface area contributed by atoms with Gasteiger partial charge in [-0.3, -0.25) is 4.90 Å². The van der Waals surface area contributed by atoms with E-state index in [0.29, 0.717) is 11.6 Å². The van der Waals surface area contributed by atoms with Crippen LogP contribution in [-0.4, -0.2) is 49.8 Å². The van der Waals surface area contributed by atoms with Crippen molar-refractivity contribution >= 4 is 0 Å². The molecule has 2 aliphatic rings. The Morgan fingerprint density at radius 3 is 2.94 bits per heavy atom. The zero-order valence-corrected chi connectivity index (χ0v) is 10.8. The van der Waals surface area contributed by atoms with Gasteiger partial charge in [0, 0.05) is 24.7 Å². The fraction of sp³-hybridized carbons (Fsp3) is 1.00. The molecular weight excluding hydrogens is 200 g/mol. The van der Waals surface area contributed by atoms with E-state index in [-0.39, 0.29) is 0 Å². The van der Waals surface area contributed by atoms with Crippen molar-refractivity contribution in [2.45, 2.75) is 50.6 Å². The minimum Gasteiger partial charge on any atom is -0.380 e. The van der Waals surface area contributed by atoms with E-state index in [9.17, 15) is 0 Å². The lowest BCUT2D eigenvalue weighted by molar-refractivity contribution is 0.133. The van der Waals surface area contributed by atoms with Gasteiger partial charge in [-0.1, -0.05) is 13.3 Å². The van der Waals surface area contributed by atoms with Gasteiger partial charge in [0.1, 0.15) is 0 Å². The van der Waals surface area contributed by atoms with E-state index in [4.69, 9.17) is 4.74 Å². The third-order valence-corrected chi connectivity index (χ3v) is 4.14. The lowest BCUT2D eigenvalue weighted by Crippen LogP contribution is -2.51. The van der Waals surface area contributed by atoms with E-state index in [1.54, 1.807) is 0 Å². The highest BCUT2D eigenvalue weighted by atomic mass is 16.5. The number of likely N-dealkylation sites (N-methyl/N-ethyl adjacent to an activating group) is 1. The summed E-state index contributed by atoms with van der Waals surface area (Å²) in [5.74, 6) is 0. The number of hydrogen-bond acceptors (Lipinski definition) is 3. The third kappa shape index (κ3) is 2.76. The topological polar surface area (TPSA) is 24.5 Å². The van der Waals surface area contributed by atoms with Crippen LogP contribution in [0.25, 0.3) is 0 Å². The largest absolute Gasteiger partial charge is 0.380 e. The maximum atomic E-state index is 5.47. The SMILES string of the molecule is CCCC1(CN(C)C2CCOC2)CCCN1. The second-order valence-electron chi connectivity index (χ2n) is 5.49. The number of ether oxygens (including phenoxy) is 1. The van der Waals surface area contributed by atoms with Crippen LogP contribution >= 0.6 is 0 Å². The Labute approximate surface area is 99.5 Å². The highest BCUT2D eigenvalue weighted by Gasteiger charge is 2.35. The molecule has 1 N–H and O–H groups in total. The minimum atomic E-state index is 0.395. The second kappa shape index (κ2) is 5.48. The average molecular weight is 226 g/mol. The van der Waals surface area contributed by atoms with Crippen LogP contribution in [0.2, 0.25) is 0 Å². The monoisotopic (exact) mass is 226 g/mol. The average Bonchev–Trinajstić information content (AvgIpc) is 2.88. The molecule has 0 bridgehead atoms. The lowest BCUT2D eigenvalue weighted by Gasteiger charge is -2.36. The molecule has 0 radical (unpaired) electrons. The van der Waals surface area contributed by atoms with Crippen molar-refractivity contribution in [1.82, 2.24) is 10.2 Å². The van der Waals surface area contributed by atoms with Crippen molar-refractivity contribution in [2.24, 2.45) is 0 Å². The molecule has 2 unspecified atom stereocenters. The molecule has 2 aliphatic heterocycles. The quantitative estimate of drug-likeness (QED) is 0.771. The molecule has 16 heavy (non-hydrogen) atoms. The van der Waals surface area contributed by atoms with Crippen LogP contribution in [0.5, 0.6) is 0 Å². The van der Waals surface area contributed by atoms with E-state index in [2.05, 4.69) is 24.2 Å². The summed E-state index contributed by atoms with van der Waals surface area (Å²) < 4.78 is 5.47. The predicted octanol–water partition coefficient (Wildman–Crippen LogP) is 1.63. The molecular formula is C13H26N2O. The molecule has 2 heterocycles. The predicted molar refractivity (Wildman–Crippen MR) is 66.7 cm³/mol. The van der Waals surface area contributed by atoms with Gasteiger partial charge in [-0.05, 0) is 39.3 Å². The Balaban J connectivity index is 1.89. The smallest absolute Gasteiger partial charge is 0.0622 e. The summed E-state index contributed by atoms with van der Waals surface area (Å²) in [7, 11) is 2.26. The molecule has 3 nitrogen and oxygen atoms in total. The van der Waals surface area contributed by atoms with Gasteiger partial charge in [-0.15, -0.1) is 0 Å². The molecule has 2 fully saturated rings. The fourth-order valence-electron chi connectivity index (χ4n) is 3.25. The van der Waals surface area contributed by atoms with Crippen LogP contribution in [0.4, 0.5) is 0 Å². The number of rotatable bonds is 5. The summed E-state index contributed by atoms with van der Waals surface area (Å²) in [6.07, 6.45) is 6.49. The molecule has 0 spiro atoms. The minimum absolute atomic E-state index is 0.395. The third-order valence-electron chi connectivity index (χ3n) is 4.14. The van der Waals surface area contributed by atoms with Crippen LogP contribution in [-0.2, 0) is 4.74 Å². The van der Waals surface area contributed by atoms with E-state index in [1.165, 1.54) is 45.2 Å². The highest BCUT2D eigenvalue weighted by Crippen LogP contribution is 2.27. The Hall–Kier alpha value is -0.120. The Morgan fingerprint density at radius 1 is 1.50 bits per heavy atom. The van der Waals surface area contributed by atoms with Crippen molar-refractivity contribution in [3.05, 3.63) is 0 Å². The van der Waals surface area contributed by atoms with Crippen LogP contribution in [0.3, 0.4) is 0 Å². The zero-order valence-electron chi connectivity index (χ0n) is 10.8. The van der Waals surface area contributed by atoms with E-state index in [0.717, 1.165) is 13.2 Å². The first-order valence-electron chi connectivity index (χ1n) is 6.79. The fourth-order valence-corrected chi connectivity index (χ4v) is 3.25. The standard InChI is InChI=1S/C13H26N2O/c1-3-6-13(7-4-8-14-13)11-15(2)12-5-9-16-10-12/h12,14H,3-11H2,1-2H3. The van der Waals surface area contributed by atoms with E-state index >= 15 is 0 Å². The normalized spacial score (nSPS) is 35.1. The molecule has 0 aromatic heterocycles. The van der Waals surface area contributed by atoms with Crippen molar-refractivity contribution in [2.75, 3.05) is 33.4 Å². The molecule has 0 saturated carbocycles. The Bertz CT molecular complexity index is 208. The summed E-state index contributed by atoms with van der Waals surface area (Å²) in [4.78, 5) is 2.51. The summed E-state index contributed by atoms with van der Waals surface area (Å²) >= 11 is 0. The molecule has 3 heteroatoms. The molecule has 0 aromatic carbocycles. The van der Waals surface area contributed by atoms with E-state index in [1.807, 2.05) is 0 Å². The maximum absolute atomic E-state index is 5.47. The van der Waals surface area contributed by atoms with Crippen LogP contribution in [0, 0.1) is 0 Å². The first-order valence-corrected chi connectivity index (χ1v) is 6.79. The van der Waals surface area contributed by atoms with Crippen molar-refractivity contribution < 1.29 is 4.74 Å². The summed E-state index contributed by atoms with van der Waals surface area (Å²) in [6.45, 7) is 6.56. The molecule has 2 saturated heterocycles. The zero-order chi connectivity index (χ0) is 11.4. The maximum Gasteiger partial charge on any atom is 0.0622 e. The Morgan fingerprint density at radius 2 is 2.38 bits per heavy atom.